The zero-order chi connectivity index (χ0) is 17.6. The second-order valence-electron chi connectivity index (χ2n) is 6.76. The zero-order valence-electron chi connectivity index (χ0n) is 15.2. The summed E-state index contributed by atoms with van der Waals surface area (Å²) in [5, 5.41) is 13.6. The summed E-state index contributed by atoms with van der Waals surface area (Å²) < 4.78 is 5.44. The molecule has 0 bridgehead atoms. The smallest absolute Gasteiger partial charge is 0.240 e. The standard InChI is InChI=1S/C19H28N4O2/c1-3-17(14-24)23-10-8-22(9-11-23)13-19-20-18(21-25-19)12-16-7-5-4-6-15(16)2/h4-7,17,24H,3,8-14H2,1-2H3. The van der Waals surface area contributed by atoms with Crippen molar-refractivity contribution in [3.05, 3.63) is 47.1 Å². The van der Waals surface area contributed by atoms with Crippen molar-refractivity contribution in [1.82, 2.24) is 19.9 Å². The van der Waals surface area contributed by atoms with E-state index in [0.29, 0.717) is 18.9 Å². The Morgan fingerprint density at radius 2 is 1.96 bits per heavy atom. The van der Waals surface area contributed by atoms with E-state index in [4.69, 9.17) is 4.52 Å². The van der Waals surface area contributed by atoms with E-state index in [1.165, 1.54) is 11.1 Å². The third-order valence-electron chi connectivity index (χ3n) is 5.08. The first-order chi connectivity index (χ1) is 12.2. The Hall–Kier alpha value is -1.76. The molecule has 1 N–H and O–H groups in total. The largest absolute Gasteiger partial charge is 0.395 e. The molecule has 25 heavy (non-hydrogen) atoms. The van der Waals surface area contributed by atoms with E-state index in [-0.39, 0.29) is 12.6 Å². The van der Waals surface area contributed by atoms with Crippen LogP contribution in [-0.2, 0) is 13.0 Å². The van der Waals surface area contributed by atoms with Crippen molar-refractivity contribution in [3.63, 3.8) is 0 Å². The number of nitrogens with zero attached hydrogens (tertiary/aromatic N) is 4. The van der Waals surface area contributed by atoms with Crippen molar-refractivity contribution in [2.24, 2.45) is 0 Å². The maximum Gasteiger partial charge on any atom is 0.240 e. The number of rotatable bonds is 7. The number of aromatic nitrogens is 2. The Bertz CT molecular complexity index is 661. The predicted molar refractivity (Wildman–Crippen MR) is 96.3 cm³/mol. The number of aliphatic hydroxyl groups excluding tert-OH is 1. The molecule has 1 aromatic carbocycles. The molecule has 0 aliphatic carbocycles. The minimum Gasteiger partial charge on any atom is -0.395 e. The Kier molecular flexibility index (Phi) is 6.18. The number of aryl methyl sites for hydroxylation is 1. The van der Waals surface area contributed by atoms with Crippen molar-refractivity contribution in [2.75, 3.05) is 32.8 Å². The summed E-state index contributed by atoms with van der Waals surface area (Å²) in [5.74, 6) is 1.43. The van der Waals surface area contributed by atoms with Gasteiger partial charge in [0.15, 0.2) is 5.82 Å². The molecule has 1 unspecified atom stereocenters. The van der Waals surface area contributed by atoms with Gasteiger partial charge in [-0.2, -0.15) is 4.98 Å². The van der Waals surface area contributed by atoms with Crippen LogP contribution in [0.15, 0.2) is 28.8 Å². The monoisotopic (exact) mass is 344 g/mol. The van der Waals surface area contributed by atoms with Gasteiger partial charge in [-0.3, -0.25) is 9.80 Å². The van der Waals surface area contributed by atoms with Gasteiger partial charge in [-0.05, 0) is 24.5 Å². The SMILES string of the molecule is CCC(CO)N1CCN(Cc2nc(Cc3ccccc3C)no2)CC1. The van der Waals surface area contributed by atoms with E-state index in [2.05, 4.69) is 45.9 Å². The average Bonchev–Trinajstić information content (AvgIpc) is 3.06. The number of hydrogen-bond acceptors (Lipinski definition) is 6. The molecule has 6 heteroatoms. The van der Waals surface area contributed by atoms with Crippen LogP contribution in [0.3, 0.4) is 0 Å². The highest BCUT2D eigenvalue weighted by atomic mass is 16.5. The minimum atomic E-state index is 0.239. The highest BCUT2D eigenvalue weighted by molar-refractivity contribution is 5.27. The summed E-state index contributed by atoms with van der Waals surface area (Å²) in [6.07, 6.45) is 1.70. The molecule has 2 aromatic rings. The normalized spacial score (nSPS) is 17.7. The van der Waals surface area contributed by atoms with E-state index in [1.54, 1.807) is 0 Å². The van der Waals surface area contributed by atoms with Crippen molar-refractivity contribution in [3.8, 4) is 0 Å². The first kappa shape index (κ1) is 18.0. The van der Waals surface area contributed by atoms with Gasteiger partial charge in [0.05, 0.1) is 13.2 Å². The summed E-state index contributed by atoms with van der Waals surface area (Å²) in [7, 11) is 0. The molecule has 2 heterocycles. The Balaban J connectivity index is 1.52. The first-order valence-electron chi connectivity index (χ1n) is 9.12. The molecule has 136 valence electrons. The molecule has 0 amide bonds. The van der Waals surface area contributed by atoms with Gasteiger partial charge in [0.25, 0.3) is 0 Å². The van der Waals surface area contributed by atoms with Crippen molar-refractivity contribution >= 4 is 0 Å². The van der Waals surface area contributed by atoms with E-state index < -0.39 is 0 Å². The highest BCUT2D eigenvalue weighted by Crippen LogP contribution is 2.14. The molecule has 1 fully saturated rings. The molecule has 0 spiro atoms. The third-order valence-corrected chi connectivity index (χ3v) is 5.08. The molecule has 1 aliphatic rings. The number of benzene rings is 1. The number of hydrogen-bond donors (Lipinski definition) is 1. The Morgan fingerprint density at radius 1 is 1.20 bits per heavy atom. The minimum absolute atomic E-state index is 0.239. The van der Waals surface area contributed by atoms with Gasteiger partial charge in [-0.15, -0.1) is 0 Å². The quantitative estimate of drug-likeness (QED) is 0.827. The lowest BCUT2D eigenvalue weighted by Gasteiger charge is -2.37. The van der Waals surface area contributed by atoms with Crippen molar-refractivity contribution in [1.29, 1.82) is 0 Å². The van der Waals surface area contributed by atoms with Crippen LogP contribution in [0.5, 0.6) is 0 Å². The van der Waals surface area contributed by atoms with Gasteiger partial charge >= 0.3 is 0 Å². The molecular weight excluding hydrogens is 316 g/mol. The summed E-state index contributed by atoms with van der Waals surface area (Å²) in [6, 6.07) is 8.58. The fourth-order valence-electron chi connectivity index (χ4n) is 3.39. The lowest BCUT2D eigenvalue weighted by molar-refractivity contribution is 0.0568. The van der Waals surface area contributed by atoms with Crippen LogP contribution in [0.1, 0.15) is 36.2 Å². The van der Waals surface area contributed by atoms with Crippen LogP contribution in [0.25, 0.3) is 0 Å². The van der Waals surface area contributed by atoms with Gasteiger partial charge in [-0.1, -0.05) is 36.3 Å². The van der Waals surface area contributed by atoms with Gasteiger partial charge < -0.3 is 9.63 Å². The Morgan fingerprint density at radius 3 is 2.64 bits per heavy atom. The molecule has 0 radical (unpaired) electrons. The highest BCUT2D eigenvalue weighted by Gasteiger charge is 2.23. The van der Waals surface area contributed by atoms with Gasteiger partial charge in [0, 0.05) is 38.6 Å². The molecule has 1 saturated heterocycles. The average molecular weight is 344 g/mol. The number of aliphatic hydroxyl groups is 1. The zero-order valence-corrected chi connectivity index (χ0v) is 15.2. The first-order valence-corrected chi connectivity index (χ1v) is 9.12. The second-order valence-corrected chi connectivity index (χ2v) is 6.76. The molecule has 3 rings (SSSR count). The van der Waals surface area contributed by atoms with Crippen LogP contribution in [0.2, 0.25) is 0 Å². The number of piperazine rings is 1. The summed E-state index contributed by atoms with van der Waals surface area (Å²) in [5.41, 5.74) is 2.48. The van der Waals surface area contributed by atoms with Crippen LogP contribution in [0.4, 0.5) is 0 Å². The molecular formula is C19H28N4O2. The van der Waals surface area contributed by atoms with Crippen LogP contribution in [-0.4, -0.2) is 63.9 Å². The van der Waals surface area contributed by atoms with Gasteiger partial charge in [0.1, 0.15) is 0 Å². The van der Waals surface area contributed by atoms with Crippen LogP contribution >= 0.6 is 0 Å². The van der Waals surface area contributed by atoms with Gasteiger partial charge in [0.2, 0.25) is 5.89 Å². The third kappa shape index (κ3) is 4.66. The fourth-order valence-corrected chi connectivity index (χ4v) is 3.39. The van der Waals surface area contributed by atoms with Crippen LogP contribution in [0, 0.1) is 6.92 Å². The maximum atomic E-state index is 9.43. The molecule has 1 aromatic heterocycles. The fraction of sp³-hybridized carbons (Fsp3) is 0.579. The molecule has 6 nitrogen and oxygen atoms in total. The van der Waals surface area contributed by atoms with E-state index in [9.17, 15) is 5.11 Å². The topological polar surface area (TPSA) is 65.6 Å². The second kappa shape index (κ2) is 8.56. The van der Waals surface area contributed by atoms with Crippen molar-refractivity contribution < 1.29 is 9.63 Å². The summed E-state index contributed by atoms with van der Waals surface area (Å²) in [4.78, 5) is 9.26. The van der Waals surface area contributed by atoms with E-state index in [1.807, 2.05) is 12.1 Å². The molecule has 1 atom stereocenters. The van der Waals surface area contributed by atoms with E-state index >= 15 is 0 Å². The maximum absolute atomic E-state index is 9.43. The van der Waals surface area contributed by atoms with Crippen molar-refractivity contribution in [2.45, 2.75) is 39.3 Å². The molecule has 0 saturated carbocycles. The molecule has 1 aliphatic heterocycles. The lowest BCUT2D eigenvalue weighted by atomic mass is 10.1. The Labute approximate surface area is 149 Å². The lowest BCUT2D eigenvalue weighted by Crippen LogP contribution is -2.50. The van der Waals surface area contributed by atoms with E-state index in [0.717, 1.165) is 38.4 Å². The predicted octanol–water partition coefficient (Wildman–Crippen LogP) is 1.86. The van der Waals surface area contributed by atoms with Crippen LogP contribution < -0.4 is 0 Å². The summed E-state index contributed by atoms with van der Waals surface area (Å²) >= 11 is 0. The van der Waals surface area contributed by atoms with Gasteiger partial charge in [-0.25, -0.2) is 0 Å². The summed E-state index contributed by atoms with van der Waals surface area (Å²) in [6.45, 7) is 9.05.